The summed E-state index contributed by atoms with van der Waals surface area (Å²) in [6, 6.07) is 60.8. The van der Waals surface area contributed by atoms with Gasteiger partial charge in [-0.05, 0) is 72.1 Å². The average molecular weight is 569 g/mol. The third-order valence-corrected chi connectivity index (χ3v) is 9.22. The SMILES string of the molecule is c1ccc(N(c2ccccc2)c2ccc3cccc(N(c4ccccc4)c4cccc5c4sc4ccccc45)c3c2)cc1. The van der Waals surface area contributed by atoms with Gasteiger partial charge in [-0.1, -0.05) is 103 Å². The van der Waals surface area contributed by atoms with Crippen LogP contribution in [0, 0.1) is 0 Å². The number of rotatable bonds is 6. The van der Waals surface area contributed by atoms with Crippen molar-refractivity contribution < 1.29 is 0 Å². The van der Waals surface area contributed by atoms with Crippen LogP contribution in [0.1, 0.15) is 0 Å². The lowest BCUT2D eigenvalue weighted by molar-refractivity contribution is 1.28. The van der Waals surface area contributed by atoms with Crippen molar-refractivity contribution in [2.24, 2.45) is 0 Å². The Morgan fingerprint density at radius 3 is 1.60 bits per heavy atom. The lowest BCUT2D eigenvalue weighted by Gasteiger charge is -2.29. The van der Waals surface area contributed by atoms with Gasteiger partial charge >= 0.3 is 0 Å². The normalized spacial score (nSPS) is 11.3. The molecular weight excluding hydrogens is 541 g/mol. The van der Waals surface area contributed by atoms with E-state index in [9.17, 15) is 0 Å². The standard InChI is InChI=1S/C40H28N2S/c1-4-15-30(16-5-1)41(31-17-6-2-7-18-31)33-27-26-29-14-12-23-37(36(29)28-33)42(32-19-8-3-9-20-32)38-24-13-22-35-34-21-10-11-25-39(34)43-40(35)38/h1-28H. The second-order valence-corrected chi connectivity index (χ2v) is 11.7. The largest absolute Gasteiger partial charge is 0.310 e. The average Bonchev–Trinajstić information content (AvgIpc) is 3.46. The maximum absolute atomic E-state index is 2.43. The minimum atomic E-state index is 1.12. The highest BCUT2D eigenvalue weighted by molar-refractivity contribution is 7.26. The quantitative estimate of drug-likeness (QED) is 0.197. The molecule has 1 heterocycles. The molecule has 0 saturated heterocycles. The highest BCUT2D eigenvalue weighted by Gasteiger charge is 2.20. The number of anilines is 6. The number of hydrogen-bond acceptors (Lipinski definition) is 3. The smallest absolute Gasteiger partial charge is 0.0640 e. The Hall–Kier alpha value is -5.38. The monoisotopic (exact) mass is 568 g/mol. The molecule has 0 N–H and O–H groups in total. The summed E-state index contributed by atoms with van der Waals surface area (Å²) in [5.74, 6) is 0. The molecule has 0 atom stereocenters. The lowest BCUT2D eigenvalue weighted by atomic mass is 10.0. The van der Waals surface area contributed by atoms with Gasteiger partial charge in [0.1, 0.15) is 0 Å². The number of thiophene rings is 1. The summed E-state index contributed by atoms with van der Waals surface area (Å²) < 4.78 is 2.59. The van der Waals surface area contributed by atoms with E-state index in [4.69, 9.17) is 0 Å². The van der Waals surface area contributed by atoms with Crippen molar-refractivity contribution in [2.75, 3.05) is 9.80 Å². The molecule has 43 heavy (non-hydrogen) atoms. The molecule has 0 fully saturated rings. The Labute approximate surface area is 255 Å². The first-order valence-corrected chi connectivity index (χ1v) is 15.4. The molecule has 8 aromatic rings. The maximum Gasteiger partial charge on any atom is 0.0640 e. The molecule has 0 unspecified atom stereocenters. The zero-order valence-corrected chi connectivity index (χ0v) is 24.3. The summed E-state index contributed by atoms with van der Waals surface area (Å²) >= 11 is 1.86. The molecular formula is C40H28N2S. The van der Waals surface area contributed by atoms with E-state index in [-0.39, 0.29) is 0 Å². The Morgan fingerprint density at radius 2 is 0.907 bits per heavy atom. The van der Waals surface area contributed by atoms with Crippen molar-refractivity contribution >= 4 is 76.4 Å². The number of para-hydroxylation sites is 3. The van der Waals surface area contributed by atoms with Crippen LogP contribution in [0.4, 0.5) is 34.1 Å². The van der Waals surface area contributed by atoms with Gasteiger partial charge in [-0.25, -0.2) is 0 Å². The van der Waals surface area contributed by atoms with Gasteiger partial charge < -0.3 is 9.80 Å². The molecule has 0 radical (unpaired) electrons. The van der Waals surface area contributed by atoms with E-state index in [1.807, 2.05) is 11.3 Å². The van der Waals surface area contributed by atoms with Crippen LogP contribution in [0.5, 0.6) is 0 Å². The van der Waals surface area contributed by atoms with Crippen molar-refractivity contribution in [1.82, 2.24) is 0 Å². The molecule has 0 bridgehead atoms. The highest BCUT2D eigenvalue weighted by atomic mass is 32.1. The van der Waals surface area contributed by atoms with Crippen LogP contribution in [0.15, 0.2) is 170 Å². The third kappa shape index (κ3) is 4.51. The van der Waals surface area contributed by atoms with Crippen LogP contribution in [-0.4, -0.2) is 0 Å². The van der Waals surface area contributed by atoms with Crippen molar-refractivity contribution in [3.05, 3.63) is 170 Å². The number of nitrogens with zero attached hydrogens (tertiary/aromatic N) is 2. The van der Waals surface area contributed by atoms with E-state index in [0.29, 0.717) is 0 Å². The van der Waals surface area contributed by atoms with Gasteiger partial charge in [-0.15, -0.1) is 11.3 Å². The fraction of sp³-hybridized carbons (Fsp3) is 0. The molecule has 0 amide bonds. The molecule has 0 aliphatic carbocycles. The summed E-state index contributed by atoms with van der Waals surface area (Å²) in [5, 5.41) is 4.99. The lowest BCUT2D eigenvalue weighted by Crippen LogP contribution is -2.12. The first kappa shape index (κ1) is 25.3. The van der Waals surface area contributed by atoms with Crippen molar-refractivity contribution in [3.8, 4) is 0 Å². The molecule has 0 aliphatic rings. The van der Waals surface area contributed by atoms with E-state index in [2.05, 4.69) is 180 Å². The third-order valence-electron chi connectivity index (χ3n) is 8.01. The molecule has 7 aromatic carbocycles. The second kappa shape index (κ2) is 10.8. The van der Waals surface area contributed by atoms with Crippen molar-refractivity contribution in [3.63, 3.8) is 0 Å². The van der Waals surface area contributed by atoms with Gasteiger partial charge in [0.2, 0.25) is 0 Å². The highest BCUT2D eigenvalue weighted by Crippen LogP contribution is 2.47. The molecule has 204 valence electrons. The minimum absolute atomic E-state index is 1.12. The van der Waals surface area contributed by atoms with Gasteiger partial charge in [0.25, 0.3) is 0 Å². The van der Waals surface area contributed by atoms with Gasteiger partial charge in [0.05, 0.1) is 16.1 Å². The Kier molecular flexibility index (Phi) is 6.36. The molecule has 0 saturated carbocycles. The molecule has 2 nitrogen and oxygen atoms in total. The van der Waals surface area contributed by atoms with Crippen LogP contribution in [0.25, 0.3) is 30.9 Å². The zero-order chi connectivity index (χ0) is 28.6. The number of benzene rings is 7. The van der Waals surface area contributed by atoms with E-state index >= 15 is 0 Å². The first-order valence-electron chi connectivity index (χ1n) is 14.5. The summed E-state index contributed by atoms with van der Waals surface area (Å²) in [7, 11) is 0. The van der Waals surface area contributed by atoms with E-state index < -0.39 is 0 Å². The maximum atomic E-state index is 2.43. The van der Waals surface area contributed by atoms with Crippen LogP contribution >= 0.6 is 11.3 Å². The van der Waals surface area contributed by atoms with E-state index in [1.54, 1.807) is 0 Å². The van der Waals surface area contributed by atoms with Crippen LogP contribution < -0.4 is 9.80 Å². The number of hydrogen-bond donors (Lipinski definition) is 0. The van der Waals surface area contributed by atoms with Crippen LogP contribution in [-0.2, 0) is 0 Å². The predicted molar refractivity (Wildman–Crippen MR) is 186 cm³/mol. The van der Waals surface area contributed by atoms with Gasteiger partial charge in [-0.3, -0.25) is 0 Å². The molecule has 8 rings (SSSR count). The second-order valence-electron chi connectivity index (χ2n) is 10.6. The van der Waals surface area contributed by atoms with Crippen molar-refractivity contribution in [2.45, 2.75) is 0 Å². The van der Waals surface area contributed by atoms with Gasteiger partial charge in [0.15, 0.2) is 0 Å². The van der Waals surface area contributed by atoms with Crippen molar-refractivity contribution in [1.29, 1.82) is 0 Å². The predicted octanol–water partition coefficient (Wildman–Crippen LogP) is 12.1. The van der Waals surface area contributed by atoms with Gasteiger partial charge in [-0.2, -0.15) is 0 Å². The topological polar surface area (TPSA) is 6.48 Å². The Bertz CT molecular complexity index is 2150. The van der Waals surface area contributed by atoms with E-state index in [0.717, 1.165) is 28.4 Å². The van der Waals surface area contributed by atoms with Crippen LogP contribution in [0.2, 0.25) is 0 Å². The fourth-order valence-electron chi connectivity index (χ4n) is 6.07. The summed E-state index contributed by atoms with van der Waals surface area (Å²) in [5.41, 5.74) is 6.84. The van der Waals surface area contributed by atoms with E-state index in [1.165, 1.54) is 36.6 Å². The summed E-state index contributed by atoms with van der Waals surface area (Å²) in [4.78, 5) is 4.76. The fourth-order valence-corrected chi connectivity index (χ4v) is 7.28. The summed E-state index contributed by atoms with van der Waals surface area (Å²) in [6.45, 7) is 0. The summed E-state index contributed by atoms with van der Waals surface area (Å²) in [6.07, 6.45) is 0. The van der Waals surface area contributed by atoms with Crippen LogP contribution in [0.3, 0.4) is 0 Å². The first-order chi connectivity index (χ1) is 21.3. The Morgan fingerprint density at radius 1 is 0.349 bits per heavy atom. The van der Waals surface area contributed by atoms with Gasteiger partial charge in [0, 0.05) is 43.6 Å². The Balaban J connectivity index is 1.38. The minimum Gasteiger partial charge on any atom is -0.310 e. The molecule has 1 aromatic heterocycles. The molecule has 0 spiro atoms. The zero-order valence-electron chi connectivity index (χ0n) is 23.5. The molecule has 0 aliphatic heterocycles. The molecule has 3 heteroatoms. The number of fused-ring (bicyclic) bond motifs is 4.